The van der Waals surface area contributed by atoms with Gasteiger partial charge in [0.05, 0.1) is 6.61 Å². The number of hydrogen-bond acceptors (Lipinski definition) is 4. The fourth-order valence-electron chi connectivity index (χ4n) is 1.07. The molecule has 1 aliphatic heterocycles. The van der Waals surface area contributed by atoms with Gasteiger partial charge in [-0.3, -0.25) is 4.79 Å². The molecule has 0 spiro atoms. The molecule has 0 amide bonds. The van der Waals surface area contributed by atoms with Gasteiger partial charge >= 0.3 is 5.97 Å². The lowest BCUT2D eigenvalue weighted by Crippen LogP contribution is -2.26. The number of hydrogen-bond donors (Lipinski definition) is 1. The first-order chi connectivity index (χ1) is 5.65. The number of aliphatic hydroxyl groups excluding tert-OH is 1. The highest BCUT2D eigenvalue weighted by molar-refractivity contribution is 5.69. The number of rotatable bonds is 2. The minimum absolute atomic E-state index is 0.125. The van der Waals surface area contributed by atoms with Gasteiger partial charge in [0.25, 0.3) is 0 Å². The number of ether oxygens (including phenoxy) is 2. The summed E-state index contributed by atoms with van der Waals surface area (Å²) in [5, 5.41) is 9.14. The standard InChI is InChI=1S/C8H14O4/c1-3-7(9)12-6-4-11-8(10)5(6)2/h5-6,8,10H,3-4H2,1-2H3/t5-,6+,8-/m1/s1. The van der Waals surface area contributed by atoms with Gasteiger partial charge < -0.3 is 14.6 Å². The molecule has 70 valence electrons. The van der Waals surface area contributed by atoms with Crippen molar-refractivity contribution < 1.29 is 19.4 Å². The molecule has 1 fully saturated rings. The van der Waals surface area contributed by atoms with E-state index < -0.39 is 6.29 Å². The highest BCUT2D eigenvalue weighted by atomic mass is 16.6. The number of carbonyl (C=O) groups excluding carboxylic acids is 1. The van der Waals surface area contributed by atoms with E-state index in [1.165, 1.54) is 0 Å². The number of carbonyl (C=O) groups is 1. The summed E-state index contributed by atoms with van der Waals surface area (Å²) < 4.78 is 9.92. The zero-order chi connectivity index (χ0) is 9.14. The van der Waals surface area contributed by atoms with Crippen molar-refractivity contribution in [2.24, 2.45) is 5.92 Å². The van der Waals surface area contributed by atoms with Crippen molar-refractivity contribution in [1.82, 2.24) is 0 Å². The van der Waals surface area contributed by atoms with E-state index in [1.54, 1.807) is 13.8 Å². The van der Waals surface area contributed by atoms with Crippen molar-refractivity contribution in [2.45, 2.75) is 32.7 Å². The zero-order valence-corrected chi connectivity index (χ0v) is 7.32. The molecule has 1 aliphatic rings. The van der Waals surface area contributed by atoms with Gasteiger partial charge in [-0.05, 0) is 0 Å². The molecule has 0 radical (unpaired) electrons. The quantitative estimate of drug-likeness (QED) is 0.611. The van der Waals surface area contributed by atoms with Crippen molar-refractivity contribution in [3.63, 3.8) is 0 Å². The molecule has 12 heavy (non-hydrogen) atoms. The molecule has 1 N–H and O–H groups in total. The average molecular weight is 174 g/mol. The topological polar surface area (TPSA) is 55.8 Å². The van der Waals surface area contributed by atoms with E-state index in [9.17, 15) is 4.79 Å². The number of esters is 1. The van der Waals surface area contributed by atoms with Crippen molar-refractivity contribution in [3.8, 4) is 0 Å². The maximum atomic E-state index is 10.9. The summed E-state index contributed by atoms with van der Waals surface area (Å²) in [6, 6.07) is 0. The molecule has 0 aromatic carbocycles. The van der Waals surface area contributed by atoms with Crippen LogP contribution < -0.4 is 0 Å². The fourth-order valence-corrected chi connectivity index (χ4v) is 1.07. The summed E-state index contributed by atoms with van der Waals surface area (Å²) in [5.74, 6) is -0.370. The Morgan fingerprint density at radius 3 is 2.83 bits per heavy atom. The Kier molecular flexibility index (Phi) is 3.05. The van der Waals surface area contributed by atoms with E-state index >= 15 is 0 Å². The fraction of sp³-hybridized carbons (Fsp3) is 0.875. The van der Waals surface area contributed by atoms with Crippen LogP contribution in [0.1, 0.15) is 20.3 Å². The lowest BCUT2D eigenvalue weighted by Gasteiger charge is -2.14. The van der Waals surface area contributed by atoms with Gasteiger partial charge in [0, 0.05) is 12.3 Å². The van der Waals surface area contributed by atoms with Crippen LogP contribution in [0, 0.1) is 5.92 Å². The summed E-state index contributed by atoms with van der Waals surface area (Å²) >= 11 is 0. The zero-order valence-electron chi connectivity index (χ0n) is 7.32. The first-order valence-electron chi connectivity index (χ1n) is 4.14. The van der Waals surface area contributed by atoms with Gasteiger partial charge in [-0.25, -0.2) is 0 Å². The van der Waals surface area contributed by atoms with Gasteiger partial charge in [0.2, 0.25) is 0 Å². The maximum absolute atomic E-state index is 10.9. The molecule has 0 saturated carbocycles. The molecule has 3 atom stereocenters. The van der Waals surface area contributed by atoms with Crippen molar-refractivity contribution in [3.05, 3.63) is 0 Å². The van der Waals surface area contributed by atoms with E-state index in [-0.39, 0.29) is 18.0 Å². The minimum atomic E-state index is -0.792. The molecule has 0 aliphatic carbocycles. The Morgan fingerprint density at radius 2 is 2.42 bits per heavy atom. The highest BCUT2D eigenvalue weighted by Gasteiger charge is 2.34. The molecule has 0 aromatic heterocycles. The smallest absolute Gasteiger partial charge is 0.305 e. The van der Waals surface area contributed by atoms with Crippen LogP contribution in [0.15, 0.2) is 0 Å². The number of aliphatic hydroxyl groups is 1. The molecule has 1 rings (SSSR count). The van der Waals surface area contributed by atoms with Gasteiger partial charge in [0.1, 0.15) is 6.10 Å². The van der Waals surface area contributed by atoms with Crippen LogP contribution in [-0.4, -0.2) is 30.1 Å². The largest absolute Gasteiger partial charge is 0.459 e. The van der Waals surface area contributed by atoms with Crippen molar-refractivity contribution >= 4 is 5.97 Å². The van der Waals surface area contributed by atoms with E-state index in [0.717, 1.165) is 0 Å². The van der Waals surface area contributed by atoms with Crippen LogP contribution in [0.25, 0.3) is 0 Å². The van der Waals surface area contributed by atoms with Crippen LogP contribution in [0.5, 0.6) is 0 Å². The molecular weight excluding hydrogens is 160 g/mol. The maximum Gasteiger partial charge on any atom is 0.305 e. The van der Waals surface area contributed by atoms with Crippen LogP contribution in [0.3, 0.4) is 0 Å². The molecule has 4 nitrogen and oxygen atoms in total. The van der Waals surface area contributed by atoms with E-state index in [1.807, 2.05) is 0 Å². The third kappa shape index (κ3) is 1.95. The minimum Gasteiger partial charge on any atom is -0.459 e. The Balaban J connectivity index is 2.38. The van der Waals surface area contributed by atoms with Gasteiger partial charge in [0.15, 0.2) is 6.29 Å². The van der Waals surface area contributed by atoms with E-state index in [0.29, 0.717) is 13.0 Å². The second-order valence-corrected chi connectivity index (χ2v) is 2.96. The summed E-state index contributed by atoms with van der Waals surface area (Å²) in [7, 11) is 0. The second kappa shape index (κ2) is 3.87. The Bertz CT molecular complexity index is 168. The Hall–Kier alpha value is -0.610. The molecule has 1 heterocycles. The normalized spacial score (nSPS) is 35.1. The van der Waals surface area contributed by atoms with Crippen LogP contribution in [-0.2, 0) is 14.3 Å². The van der Waals surface area contributed by atoms with E-state index in [2.05, 4.69) is 0 Å². The van der Waals surface area contributed by atoms with Crippen LogP contribution in [0.4, 0.5) is 0 Å². The predicted octanol–water partition coefficient (Wildman–Crippen LogP) is 0.293. The Morgan fingerprint density at radius 1 is 1.75 bits per heavy atom. The lowest BCUT2D eigenvalue weighted by atomic mass is 10.1. The molecular formula is C8H14O4. The lowest BCUT2D eigenvalue weighted by molar-refractivity contribution is -0.150. The van der Waals surface area contributed by atoms with Gasteiger partial charge in [-0.2, -0.15) is 0 Å². The van der Waals surface area contributed by atoms with Crippen LogP contribution in [0.2, 0.25) is 0 Å². The first kappa shape index (κ1) is 9.48. The second-order valence-electron chi connectivity index (χ2n) is 2.96. The SMILES string of the molecule is CCC(=O)O[C@H]1CO[C@@H](O)[C@@H]1C. The van der Waals surface area contributed by atoms with Crippen molar-refractivity contribution in [1.29, 1.82) is 0 Å². The summed E-state index contributed by atoms with van der Waals surface area (Å²) in [4.78, 5) is 10.9. The average Bonchev–Trinajstić information content (AvgIpc) is 2.36. The van der Waals surface area contributed by atoms with Crippen molar-refractivity contribution in [2.75, 3.05) is 6.61 Å². The van der Waals surface area contributed by atoms with Crippen LogP contribution >= 0.6 is 0 Å². The monoisotopic (exact) mass is 174 g/mol. The Labute approximate surface area is 71.5 Å². The molecule has 0 bridgehead atoms. The third-order valence-electron chi connectivity index (χ3n) is 2.04. The molecule has 4 heteroatoms. The summed E-state index contributed by atoms with van der Waals surface area (Å²) in [6.45, 7) is 3.83. The van der Waals surface area contributed by atoms with E-state index in [4.69, 9.17) is 14.6 Å². The predicted molar refractivity (Wildman–Crippen MR) is 41.3 cm³/mol. The third-order valence-corrected chi connectivity index (χ3v) is 2.04. The highest BCUT2D eigenvalue weighted by Crippen LogP contribution is 2.21. The summed E-state index contributed by atoms with van der Waals surface area (Å²) in [6.07, 6.45) is -0.716. The molecule has 0 unspecified atom stereocenters. The first-order valence-corrected chi connectivity index (χ1v) is 4.14. The molecule has 1 saturated heterocycles. The molecule has 0 aromatic rings. The van der Waals surface area contributed by atoms with Gasteiger partial charge in [-0.1, -0.05) is 13.8 Å². The summed E-state index contributed by atoms with van der Waals surface area (Å²) in [5.41, 5.74) is 0. The van der Waals surface area contributed by atoms with Gasteiger partial charge in [-0.15, -0.1) is 0 Å².